The van der Waals surface area contributed by atoms with Gasteiger partial charge in [-0.2, -0.15) is 0 Å². The highest BCUT2D eigenvalue weighted by Crippen LogP contribution is 2.37. The van der Waals surface area contributed by atoms with E-state index in [2.05, 4.69) is 22.6 Å². The molecule has 0 spiro atoms. The Kier molecular flexibility index (Phi) is 2.83. The van der Waals surface area contributed by atoms with Crippen LogP contribution in [0.15, 0.2) is 23.3 Å². The summed E-state index contributed by atoms with van der Waals surface area (Å²) >= 11 is 8.10. The molecule has 0 fully saturated rings. The molecule has 1 N–H and O–H groups in total. The van der Waals surface area contributed by atoms with Gasteiger partial charge in [-0.25, -0.2) is 4.79 Å². The van der Waals surface area contributed by atoms with E-state index >= 15 is 0 Å². The van der Waals surface area contributed by atoms with Gasteiger partial charge >= 0.3 is 5.97 Å². The Morgan fingerprint density at radius 1 is 1.83 bits per heavy atom. The third-order valence-corrected chi connectivity index (χ3v) is 2.69. The maximum absolute atomic E-state index is 10.6. The molecule has 2 nitrogen and oxygen atoms in total. The first-order valence-electron chi connectivity index (χ1n) is 3.42. The monoisotopic (exact) mass is 298 g/mol. The summed E-state index contributed by atoms with van der Waals surface area (Å²) in [7, 11) is 0. The summed E-state index contributed by atoms with van der Waals surface area (Å²) < 4.78 is -0.444. The Hall–Kier alpha value is -0.0300. The summed E-state index contributed by atoms with van der Waals surface area (Å²) in [5.74, 6) is -0.882. The summed E-state index contributed by atoms with van der Waals surface area (Å²) in [6.45, 7) is 1.79. The van der Waals surface area contributed by atoms with E-state index in [1.165, 1.54) is 0 Å². The number of alkyl halides is 2. The van der Waals surface area contributed by atoms with E-state index < -0.39 is 8.85 Å². The number of halogens is 2. The molecule has 0 heterocycles. The maximum atomic E-state index is 10.6. The molecule has 1 rings (SSSR count). The second kappa shape index (κ2) is 3.38. The molecule has 0 amide bonds. The lowest BCUT2D eigenvalue weighted by atomic mass is 9.99. The Labute approximate surface area is 89.4 Å². The van der Waals surface area contributed by atoms with E-state index in [0.29, 0.717) is 12.0 Å². The average Bonchev–Trinajstić information content (AvgIpc) is 1.83. The number of allylic oxidation sites excluding steroid dienone is 2. The molecule has 0 aromatic rings. The highest BCUT2D eigenvalue weighted by atomic mass is 127. The predicted octanol–water partition coefficient (Wildman–Crippen LogP) is 2.72. The fourth-order valence-corrected chi connectivity index (χ4v) is 2.12. The molecular formula is C8H8ClIO2. The van der Waals surface area contributed by atoms with Crippen molar-refractivity contribution >= 4 is 40.2 Å². The molecule has 0 aromatic heterocycles. The van der Waals surface area contributed by atoms with Gasteiger partial charge in [-0.1, -0.05) is 34.2 Å². The topological polar surface area (TPSA) is 37.3 Å². The molecule has 1 atom stereocenters. The van der Waals surface area contributed by atoms with Crippen LogP contribution in [0, 0.1) is 0 Å². The quantitative estimate of drug-likeness (QED) is 0.597. The van der Waals surface area contributed by atoms with E-state index in [-0.39, 0.29) is 0 Å². The highest BCUT2D eigenvalue weighted by Gasteiger charge is 2.26. The lowest BCUT2D eigenvalue weighted by Crippen LogP contribution is -2.15. The van der Waals surface area contributed by atoms with Crippen molar-refractivity contribution in [3.05, 3.63) is 23.3 Å². The van der Waals surface area contributed by atoms with Gasteiger partial charge in [-0.05, 0) is 13.0 Å². The highest BCUT2D eigenvalue weighted by molar-refractivity contribution is 14.1. The van der Waals surface area contributed by atoms with Crippen molar-refractivity contribution in [1.82, 2.24) is 0 Å². The molecule has 0 saturated carbocycles. The Morgan fingerprint density at radius 2 is 2.42 bits per heavy atom. The zero-order valence-electron chi connectivity index (χ0n) is 6.47. The number of rotatable bonds is 1. The molecule has 12 heavy (non-hydrogen) atoms. The van der Waals surface area contributed by atoms with Crippen molar-refractivity contribution in [2.45, 2.75) is 16.2 Å². The zero-order chi connectivity index (χ0) is 9.35. The van der Waals surface area contributed by atoms with E-state index in [9.17, 15) is 4.79 Å². The minimum atomic E-state index is -0.882. The molecule has 0 saturated heterocycles. The number of hydrogen-bond acceptors (Lipinski definition) is 1. The number of aliphatic carboxylic acids is 1. The molecule has 1 aliphatic carbocycles. The Bertz CT molecular complexity index is 279. The number of carbonyl (C=O) groups is 1. The summed E-state index contributed by atoms with van der Waals surface area (Å²) in [5, 5.41) is 8.72. The standard InChI is InChI=1S/C8H8ClIO2/c1-5-4-8(9,10)3-2-6(5)7(11)12/h2-3H,4H2,1H3,(H,11,12). The molecule has 0 aliphatic heterocycles. The molecule has 4 heteroatoms. The van der Waals surface area contributed by atoms with Crippen LogP contribution in [0.25, 0.3) is 0 Å². The van der Waals surface area contributed by atoms with Crippen molar-refractivity contribution in [1.29, 1.82) is 0 Å². The third kappa shape index (κ3) is 2.23. The number of carboxylic acid groups (broad SMARTS) is 1. The first-order valence-corrected chi connectivity index (χ1v) is 4.88. The molecule has 0 radical (unpaired) electrons. The molecule has 1 aliphatic rings. The van der Waals surface area contributed by atoms with Gasteiger partial charge in [0.15, 0.2) is 0 Å². The molecule has 66 valence electrons. The summed E-state index contributed by atoms with van der Waals surface area (Å²) in [6.07, 6.45) is 3.87. The van der Waals surface area contributed by atoms with Gasteiger partial charge in [0.1, 0.15) is 2.88 Å². The second-order valence-electron chi connectivity index (χ2n) is 2.77. The minimum absolute atomic E-state index is 0.364. The molecular weight excluding hydrogens is 290 g/mol. The average molecular weight is 299 g/mol. The van der Waals surface area contributed by atoms with E-state index in [1.807, 2.05) is 0 Å². The van der Waals surface area contributed by atoms with Gasteiger partial charge in [-0.15, -0.1) is 11.6 Å². The lowest BCUT2D eigenvalue weighted by molar-refractivity contribution is -0.132. The van der Waals surface area contributed by atoms with Crippen LogP contribution in [0.4, 0.5) is 0 Å². The van der Waals surface area contributed by atoms with Crippen LogP contribution in [-0.4, -0.2) is 14.0 Å². The first-order chi connectivity index (χ1) is 5.42. The van der Waals surface area contributed by atoms with Gasteiger partial charge in [0.05, 0.1) is 5.57 Å². The first kappa shape index (κ1) is 10.1. The number of carboxylic acids is 1. The van der Waals surface area contributed by atoms with Crippen molar-refractivity contribution < 1.29 is 9.90 Å². The van der Waals surface area contributed by atoms with Crippen molar-refractivity contribution in [2.75, 3.05) is 0 Å². The Morgan fingerprint density at radius 3 is 2.83 bits per heavy atom. The van der Waals surface area contributed by atoms with Crippen molar-refractivity contribution in [3.63, 3.8) is 0 Å². The van der Waals surface area contributed by atoms with Crippen LogP contribution in [-0.2, 0) is 4.79 Å². The van der Waals surface area contributed by atoms with Crippen LogP contribution < -0.4 is 0 Å². The van der Waals surface area contributed by atoms with Crippen LogP contribution in [0.2, 0.25) is 0 Å². The van der Waals surface area contributed by atoms with E-state index in [0.717, 1.165) is 5.57 Å². The summed E-state index contributed by atoms with van der Waals surface area (Å²) in [4.78, 5) is 10.6. The lowest BCUT2D eigenvalue weighted by Gasteiger charge is -2.20. The maximum Gasteiger partial charge on any atom is 0.335 e. The normalized spacial score (nSPS) is 29.2. The third-order valence-electron chi connectivity index (χ3n) is 1.68. The smallest absolute Gasteiger partial charge is 0.335 e. The van der Waals surface area contributed by atoms with Crippen molar-refractivity contribution in [2.24, 2.45) is 0 Å². The predicted molar refractivity (Wildman–Crippen MR) is 56.7 cm³/mol. The number of hydrogen-bond donors (Lipinski definition) is 1. The van der Waals surface area contributed by atoms with Gasteiger partial charge in [-0.3, -0.25) is 0 Å². The molecule has 1 unspecified atom stereocenters. The largest absolute Gasteiger partial charge is 0.478 e. The minimum Gasteiger partial charge on any atom is -0.478 e. The van der Waals surface area contributed by atoms with Gasteiger partial charge in [0, 0.05) is 6.42 Å². The van der Waals surface area contributed by atoms with Crippen LogP contribution >= 0.6 is 34.2 Å². The van der Waals surface area contributed by atoms with Crippen molar-refractivity contribution in [3.8, 4) is 0 Å². The zero-order valence-corrected chi connectivity index (χ0v) is 9.39. The van der Waals surface area contributed by atoms with Gasteiger partial charge in [0.25, 0.3) is 0 Å². The van der Waals surface area contributed by atoms with Crippen LogP contribution in [0.3, 0.4) is 0 Å². The summed E-state index contributed by atoms with van der Waals surface area (Å²) in [5.41, 5.74) is 1.19. The Balaban J connectivity index is 2.95. The second-order valence-corrected chi connectivity index (χ2v) is 6.01. The van der Waals surface area contributed by atoms with Crippen LogP contribution in [0.1, 0.15) is 13.3 Å². The fourth-order valence-electron chi connectivity index (χ4n) is 1.11. The summed E-state index contributed by atoms with van der Waals surface area (Å²) in [6, 6.07) is 0. The van der Waals surface area contributed by atoms with Crippen LogP contribution in [0.5, 0.6) is 0 Å². The van der Waals surface area contributed by atoms with Gasteiger partial charge < -0.3 is 5.11 Å². The molecule has 0 aromatic carbocycles. The van der Waals surface area contributed by atoms with E-state index in [4.69, 9.17) is 16.7 Å². The van der Waals surface area contributed by atoms with E-state index in [1.54, 1.807) is 19.1 Å². The van der Waals surface area contributed by atoms with Gasteiger partial charge in [0.2, 0.25) is 0 Å². The fraction of sp³-hybridized carbons (Fsp3) is 0.375. The molecule has 0 bridgehead atoms. The SMILES string of the molecule is CC1=C(C(=O)O)C=CC(Cl)(I)C1.